The van der Waals surface area contributed by atoms with Crippen LogP contribution in [0.2, 0.25) is 0 Å². The second-order valence-corrected chi connectivity index (χ2v) is 5.22. The SMILES string of the molecule is COc1ccc(CNCC2CCCCN2C)c(F)c1. The minimum absolute atomic E-state index is 0.205. The summed E-state index contributed by atoms with van der Waals surface area (Å²) in [5.74, 6) is 0.358. The Morgan fingerprint density at radius 3 is 2.95 bits per heavy atom. The second kappa shape index (κ2) is 6.87. The average molecular weight is 266 g/mol. The molecule has 1 unspecified atom stereocenters. The Balaban J connectivity index is 1.82. The first-order valence-corrected chi connectivity index (χ1v) is 6.94. The first-order valence-electron chi connectivity index (χ1n) is 6.94. The van der Waals surface area contributed by atoms with E-state index in [2.05, 4.69) is 17.3 Å². The highest BCUT2D eigenvalue weighted by atomic mass is 19.1. The molecular formula is C15H23FN2O. The van der Waals surface area contributed by atoms with Crippen molar-refractivity contribution < 1.29 is 9.13 Å². The van der Waals surface area contributed by atoms with Crippen molar-refractivity contribution in [3.8, 4) is 5.75 Å². The number of benzene rings is 1. The Morgan fingerprint density at radius 1 is 1.42 bits per heavy atom. The van der Waals surface area contributed by atoms with Crippen molar-refractivity contribution in [2.75, 3.05) is 27.2 Å². The van der Waals surface area contributed by atoms with Crippen LogP contribution in [-0.2, 0) is 6.54 Å². The number of likely N-dealkylation sites (tertiary alicyclic amines) is 1. The van der Waals surface area contributed by atoms with E-state index in [1.165, 1.54) is 31.9 Å². The first kappa shape index (κ1) is 14.3. The third-order valence-corrected chi connectivity index (χ3v) is 3.88. The molecule has 3 nitrogen and oxygen atoms in total. The third kappa shape index (κ3) is 3.91. The maximum atomic E-state index is 13.7. The molecule has 1 atom stereocenters. The van der Waals surface area contributed by atoms with Gasteiger partial charge in [-0.05, 0) is 32.5 Å². The summed E-state index contributed by atoms with van der Waals surface area (Å²) in [6.07, 6.45) is 3.82. The van der Waals surface area contributed by atoms with E-state index in [-0.39, 0.29) is 5.82 Å². The summed E-state index contributed by atoms with van der Waals surface area (Å²) < 4.78 is 18.7. The topological polar surface area (TPSA) is 24.5 Å². The normalized spacial score (nSPS) is 20.5. The number of hydrogen-bond donors (Lipinski definition) is 1. The number of hydrogen-bond acceptors (Lipinski definition) is 3. The quantitative estimate of drug-likeness (QED) is 0.885. The van der Waals surface area contributed by atoms with Crippen LogP contribution in [0.3, 0.4) is 0 Å². The molecule has 1 N–H and O–H groups in total. The molecule has 0 saturated carbocycles. The van der Waals surface area contributed by atoms with Crippen LogP contribution in [-0.4, -0.2) is 38.2 Å². The van der Waals surface area contributed by atoms with E-state index in [1.807, 2.05) is 0 Å². The van der Waals surface area contributed by atoms with Gasteiger partial charge in [0.05, 0.1) is 7.11 Å². The fourth-order valence-corrected chi connectivity index (χ4v) is 2.57. The van der Waals surface area contributed by atoms with Crippen molar-refractivity contribution in [3.05, 3.63) is 29.6 Å². The van der Waals surface area contributed by atoms with Gasteiger partial charge in [0, 0.05) is 30.8 Å². The highest BCUT2D eigenvalue weighted by Crippen LogP contribution is 2.17. The number of ether oxygens (including phenoxy) is 1. The molecular weight excluding hydrogens is 243 g/mol. The van der Waals surface area contributed by atoms with E-state index in [4.69, 9.17) is 4.74 Å². The van der Waals surface area contributed by atoms with E-state index in [1.54, 1.807) is 19.2 Å². The summed E-state index contributed by atoms with van der Waals surface area (Å²) in [6.45, 7) is 2.66. The largest absolute Gasteiger partial charge is 0.497 e. The van der Waals surface area contributed by atoms with Crippen molar-refractivity contribution in [1.82, 2.24) is 10.2 Å². The molecule has 1 fully saturated rings. The van der Waals surface area contributed by atoms with E-state index in [0.29, 0.717) is 23.9 Å². The van der Waals surface area contributed by atoms with E-state index >= 15 is 0 Å². The van der Waals surface area contributed by atoms with E-state index in [9.17, 15) is 4.39 Å². The van der Waals surface area contributed by atoms with Gasteiger partial charge in [-0.25, -0.2) is 4.39 Å². The molecule has 0 radical (unpaired) electrons. The van der Waals surface area contributed by atoms with Gasteiger partial charge >= 0.3 is 0 Å². The number of likely N-dealkylation sites (N-methyl/N-ethyl adjacent to an activating group) is 1. The molecule has 19 heavy (non-hydrogen) atoms. The van der Waals surface area contributed by atoms with Crippen LogP contribution in [0.1, 0.15) is 24.8 Å². The standard InChI is InChI=1S/C15H23FN2O/c1-18-8-4-3-5-13(18)11-17-10-12-6-7-14(19-2)9-15(12)16/h6-7,9,13,17H,3-5,8,10-11H2,1-2H3. The van der Waals surface area contributed by atoms with Crippen molar-refractivity contribution in [2.24, 2.45) is 0 Å². The lowest BCUT2D eigenvalue weighted by atomic mass is 10.0. The molecule has 1 aromatic carbocycles. The highest BCUT2D eigenvalue weighted by molar-refractivity contribution is 5.28. The van der Waals surface area contributed by atoms with E-state index in [0.717, 1.165) is 6.54 Å². The van der Waals surface area contributed by atoms with Gasteiger partial charge in [-0.3, -0.25) is 0 Å². The number of rotatable bonds is 5. The monoisotopic (exact) mass is 266 g/mol. The molecule has 1 aliphatic rings. The Kier molecular flexibility index (Phi) is 5.16. The van der Waals surface area contributed by atoms with Crippen molar-refractivity contribution in [1.29, 1.82) is 0 Å². The fraction of sp³-hybridized carbons (Fsp3) is 0.600. The Bertz CT molecular complexity index is 411. The van der Waals surface area contributed by atoms with Crippen LogP contribution in [0.25, 0.3) is 0 Å². The van der Waals surface area contributed by atoms with Gasteiger partial charge in [0.2, 0.25) is 0 Å². The Morgan fingerprint density at radius 2 is 2.26 bits per heavy atom. The summed E-state index contributed by atoms with van der Waals surface area (Å²) in [4.78, 5) is 2.39. The molecule has 0 amide bonds. The molecule has 0 aromatic heterocycles. The van der Waals surface area contributed by atoms with Crippen LogP contribution in [0, 0.1) is 5.82 Å². The zero-order chi connectivity index (χ0) is 13.7. The van der Waals surface area contributed by atoms with Gasteiger partial charge in [0.1, 0.15) is 11.6 Å². The minimum Gasteiger partial charge on any atom is -0.497 e. The van der Waals surface area contributed by atoms with Gasteiger partial charge in [0.25, 0.3) is 0 Å². The summed E-state index contributed by atoms with van der Waals surface area (Å²) in [5, 5.41) is 3.36. The molecule has 1 aliphatic heterocycles. The maximum absolute atomic E-state index is 13.7. The van der Waals surface area contributed by atoms with Crippen LogP contribution < -0.4 is 10.1 Å². The van der Waals surface area contributed by atoms with Gasteiger partial charge in [-0.15, -0.1) is 0 Å². The van der Waals surface area contributed by atoms with Crippen LogP contribution >= 0.6 is 0 Å². The second-order valence-electron chi connectivity index (χ2n) is 5.22. The predicted molar refractivity (Wildman–Crippen MR) is 74.9 cm³/mol. The number of nitrogens with zero attached hydrogens (tertiary/aromatic N) is 1. The van der Waals surface area contributed by atoms with Gasteiger partial charge in [0.15, 0.2) is 0 Å². The zero-order valence-electron chi connectivity index (χ0n) is 11.8. The Labute approximate surface area is 114 Å². The number of nitrogens with one attached hydrogen (secondary N) is 1. The highest BCUT2D eigenvalue weighted by Gasteiger charge is 2.18. The summed E-state index contributed by atoms with van der Waals surface area (Å²) in [5.41, 5.74) is 0.694. The molecule has 4 heteroatoms. The molecule has 0 aliphatic carbocycles. The lowest BCUT2D eigenvalue weighted by Crippen LogP contribution is -2.42. The number of methoxy groups -OCH3 is 1. The van der Waals surface area contributed by atoms with Gasteiger partial charge in [-0.2, -0.15) is 0 Å². The van der Waals surface area contributed by atoms with Gasteiger partial charge in [-0.1, -0.05) is 12.5 Å². The first-order chi connectivity index (χ1) is 9.20. The molecule has 0 spiro atoms. The van der Waals surface area contributed by atoms with Crippen LogP contribution in [0.15, 0.2) is 18.2 Å². The lowest BCUT2D eigenvalue weighted by molar-refractivity contribution is 0.181. The van der Waals surface area contributed by atoms with Crippen molar-refractivity contribution >= 4 is 0 Å². The third-order valence-electron chi connectivity index (χ3n) is 3.88. The molecule has 1 heterocycles. The summed E-state index contributed by atoms with van der Waals surface area (Å²) >= 11 is 0. The summed E-state index contributed by atoms with van der Waals surface area (Å²) in [7, 11) is 3.71. The van der Waals surface area contributed by atoms with Gasteiger partial charge < -0.3 is 15.0 Å². The maximum Gasteiger partial charge on any atom is 0.131 e. The molecule has 106 valence electrons. The number of halogens is 1. The zero-order valence-corrected chi connectivity index (χ0v) is 11.8. The summed E-state index contributed by atoms with van der Waals surface area (Å²) in [6, 6.07) is 5.59. The Hall–Kier alpha value is -1.13. The van der Waals surface area contributed by atoms with E-state index < -0.39 is 0 Å². The van der Waals surface area contributed by atoms with Crippen molar-refractivity contribution in [3.63, 3.8) is 0 Å². The predicted octanol–water partition coefficient (Wildman–Crippen LogP) is 2.41. The fourth-order valence-electron chi connectivity index (χ4n) is 2.57. The molecule has 0 bridgehead atoms. The smallest absolute Gasteiger partial charge is 0.131 e. The van der Waals surface area contributed by atoms with Crippen LogP contribution in [0.5, 0.6) is 5.75 Å². The number of piperidine rings is 1. The lowest BCUT2D eigenvalue weighted by Gasteiger charge is -2.32. The average Bonchev–Trinajstić information content (AvgIpc) is 2.42. The van der Waals surface area contributed by atoms with Crippen LogP contribution in [0.4, 0.5) is 4.39 Å². The minimum atomic E-state index is -0.205. The molecule has 2 rings (SSSR count). The van der Waals surface area contributed by atoms with Crippen molar-refractivity contribution in [2.45, 2.75) is 31.8 Å². The molecule has 1 aromatic rings. The molecule has 1 saturated heterocycles.